The van der Waals surface area contributed by atoms with E-state index in [0.29, 0.717) is 0 Å². The van der Waals surface area contributed by atoms with Crippen LogP contribution in [0.1, 0.15) is 12.0 Å². The zero-order valence-corrected chi connectivity index (χ0v) is 10.7. The quantitative estimate of drug-likeness (QED) is 0.856. The Hall–Kier alpha value is -1.26. The molecular formula is C13H20N2O2. The smallest absolute Gasteiger partial charge is 0.161 e. The van der Waals surface area contributed by atoms with Crippen LogP contribution in [0.3, 0.4) is 0 Å². The van der Waals surface area contributed by atoms with E-state index in [1.54, 1.807) is 14.2 Å². The van der Waals surface area contributed by atoms with Crippen LogP contribution in [0.2, 0.25) is 0 Å². The number of hydrogen-bond acceptors (Lipinski definition) is 4. The zero-order chi connectivity index (χ0) is 12.5. The highest BCUT2D eigenvalue weighted by molar-refractivity contribution is 5.45. The van der Waals surface area contributed by atoms with Crippen LogP contribution in [0.4, 0.5) is 0 Å². The lowest BCUT2D eigenvalue weighted by Crippen LogP contribution is -2.39. The molecule has 2 rings (SSSR count). The van der Waals surface area contributed by atoms with E-state index in [-0.39, 0.29) is 5.54 Å². The summed E-state index contributed by atoms with van der Waals surface area (Å²) in [6.45, 7) is 1.91. The van der Waals surface area contributed by atoms with Crippen LogP contribution < -0.4 is 15.2 Å². The van der Waals surface area contributed by atoms with Crippen LogP contribution in [0.15, 0.2) is 18.2 Å². The molecule has 1 heterocycles. The Morgan fingerprint density at radius 3 is 2.47 bits per heavy atom. The number of nitrogens with zero attached hydrogens (tertiary/aromatic N) is 1. The van der Waals surface area contributed by atoms with Gasteiger partial charge in [0, 0.05) is 13.1 Å². The van der Waals surface area contributed by atoms with Gasteiger partial charge in [0.15, 0.2) is 11.5 Å². The van der Waals surface area contributed by atoms with Gasteiger partial charge in [0.2, 0.25) is 0 Å². The first-order valence-electron chi connectivity index (χ1n) is 5.79. The first-order valence-corrected chi connectivity index (χ1v) is 5.79. The number of rotatable bonds is 3. The van der Waals surface area contributed by atoms with Crippen LogP contribution in [0.25, 0.3) is 0 Å². The van der Waals surface area contributed by atoms with Crippen molar-refractivity contribution in [3.05, 3.63) is 23.8 Å². The summed E-state index contributed by atoms with van der Waals surface area (Å²) >= 11 is 0. The Morgan fingerprint density at radius 1 is 1.24 bits per heavy atom. The maximum absolute atomic E-state index is 6.45. The molecule has 17 heavy (non-hydrogen) atoms. The third-order valence-electron chi connectivity index (χ3n) is 3.45. The van der Waals surface area contributed by atoms with Gasteiger partial charge in [-0.25, -0.2) is 0 Å². The minimum atomic E-state index is -0.270. The zero-order valence-electron chi connectivity index (χ0n) is 10.7. The average molecular weight is 236 g/mol. The van der Waals surface area contributed by atoms with Gasteiger partial charge in [0.05, 0.1) is 19.8 Å². The number of likely N-dealkylation sites (N-methyl/N-ethyl adjacent to an activating group) is 1. The molecule has 1 aliphatic heterocycles. The van der Waals surface area contributed by atoms with Gasteiger partial charge in [-0.05, 0) is 31.2 Å². The maximum atomic E-state index is 6.45. The molecule has 4 nitrogen and oxygen atoms in total. The topological polar surface area (TPSA) is 47.7 Å². The summed E-state index contributed by atoms with van der Waals surface area (Å²) in [6, 6.07) is 5.93. The van der Waals surface area contributed by atoms with E-state index in [0.717, 1.165) is 36.6 Å². The molecule has 94 valence electrons. The molecule has 1 atom stereocenters. The van der Waals surface area contributed by atoms with Crippen molar-refractivity contribution >= 4 is 0 Å². The summed E-state index contributed by atoms with van der Waals surface area (Å²) in [5.74, 6) is 1.48. The normalized spacial score (nSPS) is 24.9. The number of nitrogens with two attached hydrogens (primary N) is 1. The molecule has 0 radical (unpaired) electrons. The summed E-state index contributed by atoms with van der Waals surface area (Å²) in [4.78, 5) is 2.25. The van der Waals surface area contributed by atoms with Crippen LogP contribution in [-0.2, 0) is 5.54 Å². The van der Waals surface area contributed by atoms with E-state index in [9.17, 15) is 0 Å². The summed E-state index contributed by atoms with van der Waals surface area (Å²) in [6.07, 6.45) is 0.971. The molecule has 1 aromatic carbocycles. The standard InChI is InChI=1S/C13H20N2O2/c1-15-7-6-13(14,9-15)10-4-5-11(16-2)12(8-10)17-3/h4-5,8H,6-7,9,14H2,1-3H3. The van der Waals surface area contributed by atoms with Crippen molar-refractivity contribution in [2.45, 2.75) is 12.0 Å². The number of ether oxygens (including phenoxy) is 2. The average Bonchev–Trinajstić information content (AvgIpc) is 2.69. The number of methoxy groups -OCH3 is 2. The Labute approximate surface area is 102 Å². The minimum absolute atomic E-state index is 0.270. The van der Waals surface area contributed by atoms with Gasteiger partial charge < -0.3 is 20.1 Å². The first-order chi connectivity index (χ1) is 8.09. The van der Waals surface area contributed by atoms with Gasteiger partial charge in [-0.15, -0.1) is 0 Å². The van der Waals surface area contributed by atoms with Crippen LogP contribution in [0, 0.1) is 0 Å². The monoisotopic (exact) mass is 236 g/mol. The molecule has 0 bridgehead atoms. The van der Waals surface area contributed by atoms with E-state index in [1.807, 2.05) is 18.2 Å². The van der Waals surface area contributed by atoms with Crippen molar-refractivity contribution < 1.29 is 9.47 Å². The van der Waals surface area contributed by atoms with Gasteiger partial charge >= 0.3 is 0 Å². The Kier molecular flexibility index (Phi) is 3.26. The van der Waals surface area contributed by atoms with Crippen molar-refractivity contribution in [2.24, 2.45) is 5.73 Å². The van der Waals surface area contributed by atoms with Crippen LogP contribution >= 0.6 is 0 Å². The molecule has 4 heteroatoms. The van der Waals surface area contributed by atoms with Gasteiger partial charge in [-0.3, -0.25) is 0 Å². The fourth-order valence-electron chi connectivity index (χ4n) is 2.41. The van der Waals surface area contributed by atoms with Crippen molar-refractivity contribution in [1.82, 2.24) is 4.90 Å². The Bertz CT molecular complexity index is 408. The third-order valence-corrected chi connectivity index (χ3v) is 3.45. The molecule has 0 spiro atoms. The minimum Gasteiger partial charge on any atom is -0.493 e. The molecule has 1 aliphatic rings. The predicted octanol–water partition coefficient (Wildman–Crippen LogP) is 1.19. The van der Waals surface area contributed by atoms with E-state index >= 15 is 0 Å². The van der Waals surface area contributed by atoms with E-state index in [2.05, 4.69) is 11.9 Å². The predicted molar refractivity (Wildman–Crippen MR) is 67.5 cm³/mol. The second-order valence-corrected chi connectivity index (χ2v) is 4.71. The molecular weight excluding hydrogens is 216 g/mol. The highest BCUT2D eigenvalue weighted by Crippen LogP contribution is 2.35. The first kappa shape index (κ1) is 12.2. The molecule has 2 N–H and O–H groups in total. The SMILES string of the molecule is COc1ccc(C2(N)CCN(C)C2)cc1OC. The summed E-state index contributed by atoms with van der Waals surface area (Å²) in [5, 5.41) is 0. The molecule has 0 saturated carbocycles. The Balaban J connectivity index is 2.33. The van der Waals surface area contributed by atoms with Crippen molar-refractivity contribution in [2.75, 3.05) is 34.4 Å². The highest BCUT2D eigenvalue weighted by Gasteiger charge is 2.34. The lowest BCUT2D eigenvalue weighted by atomic mass is 9.90. The van der Waals surface area contributed by atoms with Crippen LogP contribution in [0.5, 0.6) is 11.5 Å². The van der Waals surface area contributed by atoms with Gasteiger partial charge in [-0.2, -0.15) is 0 Å². The number of hydrogen-bond donors (Lipinski definition) is 1. The van der Waals surface area contributed by atoms with Crippen molar-refractivity contribution in [3.63, 3.8) is 0 Å². The third kappa shape index (κ3) is 2.23. The van der Waals surface area contributed by atoms with Crippen molar-refractivity contribution in [3.8, 4) is 11.5 Å². The lowest BCUT2D eigenvalue weighted by molar-refractivity contribution is 0.349. The van der Waals surface area contributed by atoms with E-state index in [1.165, 1.54) is 0 Å². The molecule has 1 unspecified atom stereocenters. The van der Waals surface area contributed by atoms with Gasteiger partial charge in [-0.1, -0.05) is 6.07 Å². The highest BCUT2D eigenvalue weighted by atomic mass is 16.5. The largest absolute Gasteiger partial charge is 0.493 e. The molecule has 1 saturated heterocycles. The fraction of sp³-hybridized carbons (Fsp3) is 0.538. The second kappa shape index (κ2) is 4.55. The summed E-state index contributed by atoms with van der Waals surface area (Å²) < 4.78 is 10.5. The Morgan fingerprint density at radius 2 is 1.94 bits per heavy atom. The lowest BCUT2D eigenvalue weighted by Gasteiger charge is -2.25. The maximum Gasteiger partial charge on any atom is 0.161 e. The second-order valence-electron chi connectivity index (χ2n) is 4.71. The summed E-state index contributed by atoms with van der Waals surface area (Å²) in [7, 11) is 5.38. The van der Waals surface area contributed by atoms with Crippen LogP contribution in [-0.4, -0.2) is 39.3 Å². The number of benzene rings is 1. The fourth-order valence-corrected chi connectivity index (χ4v) is 2.41. The van der Waals surface area contributed by atoms with Gasteiger partial charge in [0.1, 0.15) is 0 Å². The van der Waals surface area contributed by atoms with Crippen molar-refractivity contribution in [1.29, 1.82) is 0 Å². The molecule has 0 aliphatic carbocycles. The van der Waals surface area contributed by atoms with E-state index < -0.39 is 0 Å². The molecule has 1 fully saturated rings. The molecule has 0 amide bonds. The molecule has 1 aromatic rings. The number of likely N-dealkylation sites (tertiary alicyclic amines) is 1. The van der Waals surface area contributed by atoms with Gasteiger partial charge in [0.25, 0.3) is 0 Å². The summed E-state index contributed by atoms with van der Waals surface area (Å²) in [5.41, 5.74) is 7.29. The van der Waals surface area contributed by atoms with E-state index in [4.69, 9.17) is 15.2 Å². The molecule has 0 aromatic heterocycles.